The average molecular weight is 574 g/mol. The number of phenols is 1. The summed E-state index contributed by atoms with van der Waals surface area (Å²) in [6.07, 6.45) is 0.922. The molecule has 0 aromatic heterocycles. The van der Waals surface area contributed by atoms with E-state index in [2.05, 4.69) is 10.6 Å². The van der Waals surface area contributed by atoms with Crippen molar-refractivity contribution < 1.29 is 24.2 Å². The van der Waals surface area contributed by atoms with E-state index in [-0.39, 0.29) is 18.7 Å². The smallest absolute Gasteiger partial charge is 0.408 e. The maximum atomic E-state index is 14.5. The molecule has 42 heavy (non-hydrogen) atoms. The van der Waals surface area contributed by atoms with Crippen LogP contribution < -0.4 is 10.6 Å². The molecule has 3 amide bonds. The summed E-state index contributed by atoms with van der Waals surface area (Å²) in [5.74, 6) is -0.708. The van der Waals surface area contributed by atoms with Gasteiger partial charge in [-0.05, 0) is 81.5 Å². The van der Waals surface area contributed by atoms with Gasteiger partial charge in [0.05, 0.1) is 0 Å². The number of nitrogens with zero attached hydrogens (tertiary/aromatic N) is 1. The number of amides is 3. The Hall–Kier alpha value is -4.33. The topological polar surface area (TPSA) is 108 Å². The zero-order valence-corrected chi connectivity index (χ0v) is 25.4. The summed E-state index contributed by atoms with van der Waals surface area (Å²) in [5, 5.41) is 16.0. The minimum atomic E-state index is -1.03. The highest BCUT2D eigenvalue weighted by Gasteiger charge is 2.36. The van der Waals surface area contributed by atoms with Crippen LogP contribution in [0.2, 0.25) is 0 Å². The van der Waals surface area contributed by atoms with Crippen LogP contribution in [0.5, 0.6) is 5.75 Å². The molecule has 0 aliphatic heterocycles. The summed E-state index contributed by atoms with van der Waals surface area (Å²) in [7, 11) is 0. The van der Waals surface area contributed by atoms with Crippen LogP contribution in [-0.2, 0) is 20.7 Å². The van der Waals surface area contributed by atoms with Crippen LogP contribution in [-0.4, -0.2) is 46.1 Å². The molecule has 3 aromatic carbocycles. The van der Waals surface area contributed by atoms with Gasteiger partial charge in [-0.25, -0.2) is 4.79 Å². The van der Waals surface area contributed by atoms with Crippen LogP contribution in [0.25, 0.3) is 0 Å². The number of unbranched alkanes of at least 4 members (excludes halogenated alkanes) is 1. The van der Waals surface area contributed by atoms with Gasteiger partial charge in [0, 0.05) is 18.7 Å². The summed E-state index contributed by atoms with van der Waals surface area (Å²) in [4.78, 5) is 43.0. The number of aromatic hydroxyl groups is 1. The number of nitrogens with one attached hydrogen (secondary N) is 2. The van der Waals surface area contributed by atoms with Crippen LogP contribution in [0.3, 0.4) is 0 Å². The van der Waals surface area contributed by atoms with Crippen molar-refractivity contribution in [1.29, 1.82) is 0 Å². The molecule has 8 heteroatoms. The van der Waals surface area contributed by atoms with Crippen molar-refractivity contribution in [3.63, 3.8) is 0 Å². The Morgan fingerprint density at radius 1 is 0.929 bits per heavy atom. The van der Waals surface area contributed by atoms with Crippen LogP contribution >= 0.6 is 0 Å². The Morgan fingerprint density at radius 2 is 1.60 bits per heavy atom. The summed E-state index contributed by atoms with van der Waals surface area (Å²) < 4.78 is 5.50. The summed E-state index contributed by atoms with van der Waals surface area (Å²) in [6, 6.07) is 19.7. The van der Waals surface area contributed by atoms with Crippen molar-refractivity contribution in [2.45, 2.75) is 78.5 Å². The second-order valence-corrected chi connectivity index (χ2v) is 11.5. The van der Waals surface area contributed by atoms with Gasteiger partial charge in [0.25, 0.3) is 5.91 Å². The highest BCUT2D eigenvalue weighted by molar-refractivity contribution is 5.99. The monoisotopic (exact) mass is 573 g/mol. The number of phenolic OH excluding ortho intramolecular Hbond substituents is 1. The van der Waals surface area contributed by atoms with E-state index in [9.17, 15) is 19.5 Å². The number of ether oxygens (including phenoxy) is 1. The average Bonchev–Trinajstić information content (AvgIpc) is 2.92. The number of aryl methyl sites for hydroxylation is 2. The molecule has 0 radical (unpaired) electrons. The number of para-hydroxylation sites is 1. The first-order valence-corrected chi connectivity index (χ1v) is 14.4. The largest absolute Gasteiger partial charge is 0.508 e. The zero-order chi connectivity index (χ0) is 30.9. The Morgan fingerprint density at radius 3 is 2.21 bits per heavy atom. The molecule has 0 saturated carbocycles. The number of hydrogen-bond donors (Lipinski definition) is 3. The lowest BCUT2D eigenvalue weighted by atomic mass is 9.98. The predicted molar refractivity (Wildman–Crippen MR) is 165 cm³/mol. The first kappa shape index (κ1) is 32.2. The van der Waals surface area contributed by atoms with Gasteiger partial charge in [0.15, 0.2) is 0 Å². The number of benzene rings is 3. The van der Waals surface area contributed by atoms with Crippen LogP contribution in [0.4, 0.5) is 10.5 Å². The number of carbonyl (C=O) groups excluding carboxylic acids is 3. The Balaban J connectivity index is 2.08. The Kier molecular flexibility index (Phi) is 11.1. The molecule has 3 rings (SSSR count). The van der Waals surface area contributed by atoms with Gasteiger partial charge in [0.2, 0.25) is 5.91 Å². The lowest BCUT2D eigenvalue weighted by Crippen LogP contribution is -2.53. The van der Waals surface area contributed by atoms with E-state index >= 15 is 0 Å². The molecule has 3 aromatic rings. The quantitative estimate of drug-likeness (QED) is 0.244. The molecule has 3 N–H and O–H groups in total. The third-order valence-corrected chi connectivity index (χ3v) is 6.81. The van der Waals surface area contributed by atoms with E-state index in [0.29, 0.717) is 23.2 Å². The van der Waals surface area contributed by atoms with E-state index < -0.39 is 35.6 Å². The fourth-order valence-electron chi connectivity index (χ4n) is 4.63. The predicted octanol–water partition coefficient (Wildman–Crippen LogP) is 6.45. The zero-order valence-electron chi connectivity index (χ0n) is 25.4. The van der Waals surface area contributed by atoms with Crippen LogP contribution in [0, 0.1) is 13.8 Å². The van der Waals surface area contributed by atoms with Crippen molar-refractivity contribution in [3.05, 3.63) is 95.1 Å². The van der Waals surface area contributed by atoms with Gasteiger partial charge in [-0.1, -0.05) is 67.9 Å². The van der Waals surface area contributed by atoms with Gasteiger partial charge in [-0.2, -0.15) is 0 Å². The Labute approximate surface area is 249 Å². The number of carbonyl (C=O) groups is 3. The summed E-state index contributed by atoms with van der Waals surface area (Å²) in [6.45, 7) is 11.2. The van der Waals surface area contributed by atoms with Crippen LogP contribution in [0.1, 0.15) is 68.8 Å². The molecule has 0 heterocycles. The van der Waals surface area contributed by atoms with E-state index in [1.165, 1.54) is 11.0 Å². The van der Waals surface area contributed by atoms with Gasteiger partial charge < -0.3 is 25.4 Å². The summed E-state index contributed by atoms with van der Waals surface area (Å²) in [5.41, 5.74) is 2.74. The van der Waals surface area contributed by atoms with Crippen molar-refractivity contribution in [2.24, 2.45) is 0 Å². The highest BCUT2D eigenvalue weighted by Crippen LogP contribution is 2.29. The lowest BCUT2D eigenvalue weighted by Gasteiger charge is -2.35. The van der Waals surface area contributed by atoms with E-state index in [4.69, 9.17) is 4.74 Å². The van der Waals surface area contributed by atoms with Crippen molar-refractivity contribution in [2.75, 3.05) is 11.9 Å². The Bertz CT molecular complexity index is 1370. The fourth-order valence-corrected chi connectivity index (χ4v) is 4.63. The first-order chi connectivity index (χ1) is 19.9. The number of alkyl carbamates (subject to hydrolysis) is 1. The van der Waals surface area contributed by atoms with Gasteiger partial charge in [0.1, 0.15) is 23.4 Å². The van der Waals surface area contributed by atoms with Crippen LogP contribution in [0.15, 0.2) is 72.8 Å². The third kappa shape index (κ3) is 9.09. The minimum absolute atomic E-state index is 0.0943. The molecule has 2 unspecified atom stereocenters. The van der Waals surface area contributed by atoms with E-state index in [1.807, 2.05) is 68.4 Å². The molecule has 0 saturated heterocycles. The molecular weight excluding hydrogens is 530 g/mol. The lowest BCUT2D eigenvalue weighted by molar-refractivity contribution is -0.140. The maximum absolute atomic E-state index is 14.5. The second kappa shape index (κ2) is 14.5. The summed E-state index contributed by atoms with van der Waals surface area (Å²) >= 11 is 0. The molecule has 8 nitrogen and oxygen atoms in total. The van der Waals surface area contributed by atoms with E-state index in [0.717, 1.165) is 17.5 Å². The molecule has 2 atom stereocenters. The van der Waals surface area contributed by atoms with E-state index in [1.54, 1.807) is 39.8 Å². The van der Waals surface area contributed by atoms with Gasteiger partial charge in [-0.3, -0.25) is 9.59 Å². The molecule has 0 bridgehead atoms. The number of anilines is 1. The van der Waals surface area contributed by atoms with Crippen molar-refractivity contribution in [3.8, 4) is 5.75 Å². The molecule has 0 aliphatic carbocycles. The van der Waals surface area contributed by atoms with Crippen molar-refractivity contribution >= 4 is 23.6 Å². The third-order valence-electron chi connectivity index (χ3n) is 6.81. The van der Waals surface area contributed by atoms with Gasteiger partial charge in [-0.15, -0.1) is 0 Å². The molecular formula is C34H43N3O5. The molecule has 224 valence electrons. The highest BCUT2D eigenvalue weighted by atomic mass is 16.6. The molecule has 0 aliphatic rings. The maximum Gasteiger partial charge on any atom is 0.408 e. The fraction of sp³-hybridized carbons (Fsp3) is 0.382. The van der Waals surface area contributed by atoms with Crippen molar-refractivity contribution in [1.82, 2.24) is 10.2 Å². The van der Waals surface area contributed by atoms with Gasteiger partial charge >= 0.3 is 6.09 Å². The first-order valence-electron chi connectivity index (χ1n) is 14.4. The minimum Gasteiger partial charge on any atom is -0.508 e. The standard InChI is InChI=1S/C34H43N3O5/c1-7-8-20-37(32(40)28(22-25-15-10-9-11-16-25)36-33(41)42-34(4,5)6)30(26-18-19-29(38)24(3)21-26)31(39)35-27-17-13-12-14-23(27)2/h9-19,21,28,30,38H,7-8,20,22H2,1-6H3,(H,35,39)(H,36,41). The molecule has 0 fully saturated rings. The SMILES string of the molecule is CCCCN(C(=O)C(Cc1ccccc1)NC(=O)OC(C)(C)C)C(C(=O)Nc1ccccc1C)c1ccc(O)c(C)c1. The normalized spacial score (nSPS) is 12.6. The number of hydrogen-bond acceptors (Lipinski definition) is 5. The second-order valence-electron chi connectivity index (χ2n) is 11.5. The number of rotatable bonds is 11. The molecule has 0 spiro atoms.